The Kier molecular flexibility index (Phi) is 1.28. The lowest BCUT2D eigenvalue weighted by molar-refractivity contribution is 0.298. The second-order valence-electron chi connectivity index (χ2n) is 2.15. The van der Waals surface area contributed by atoms with Crippen LogP contribution in [0.25, 0.3) is 0 Å². The molecule has 0 aromatic carbocycles. The van der Waals surface area contributed by atoms with Crippen molar-refractivity contribution in [2.45, 2.75) is 13.1 Å². The van der Waals surface area contributed by atoms with Gasteiger partial charge in [-0.1, -0.05) is 6.92 Å². The van der Waals surface area contributed by atoms with E-state index in [1.165, 1.54) is 0 Å². The fourth-order valence-corrected chi connectivity index (χ4v) is 0.778. The van der Waals surface area contributed by atoms with E-state index in [9.17, 15) is 4.39 Å². The van der Waals surface area contributed by atoms with Crippen molar-refractivity contribution < 1.29 is 4.39 Å². The number of hydrogen-bond donors (Lipinski definition) is 1. The first-order chi connectivity index (χ1) is 3.30. The summed E-state index contributed by atoms with van der Waals surface area (Å²) in [6.07, 6.45) is -0.597. The summed E-state index contributed by atoms with van der Waals surface area (Å²) in [5.74, 6) is 0.236. The van der Waals surface area contributed by atoms with Crippen LogP contribution in [0.15, 0.2) is 0 Å². The van der Waals surface area contributed by atoms with Gasteiger partial charge < -0.3 is 5.32 Å². The van der Waals surface area contributed by atoms with E-state index in [1.54, 1.807) is 0 Å². The maximum atomic E-state index is 12.3. The Morgan fingerprint density at radius 1 is 1.57 bits per heavy atom. The topological polar surface area (TPSA) is 12.0 Å². The maximum absolute atomic E-state index is 12.3. The summed E-state index contributed by atoms with van der Waals surface area (Å²) < 4.78 is 12.3. The molecule has 0 saturated carbocycles. The smallest absolute Gasteiger partial charge is 0.116 e. The van der Waals surface area contributed by atoms with E-state index in [-0.39, 0.29) is 5.92 Å². The molecule has 0 aromatic rings. The summed E-state index contributed by atoms with van der Waals surface area (Å²) in [7, 11) is 0. The molecule has 2 heteroatoms. The van der Waals surface area contributed by atoms with E-state index in [0.29, 0.717) is 6.54 Å². The van der Waals surface area contributed by atoms with Crippen molar-refractivity contribution in [3.8, 4) is 0 Å². The molecule has 7 heavy (non-hydrogen) atoms. The third-order valence-corrected chi connectivity index (χ3v) is 1.42. The van der Waals surface area contributed by atoms with Gasteiger partial charge in [0.1, 0.15) is 6.17 Å². The third-order valence-electron chi connectivity index (χ3n) is 1.42. The average Bonchev–Trinajstić information content (AvgIpc) is 1.91. The molecule has 1 aliphatic heterocycles. The van der Waals surface area contributed by atoms with E-state index in [4.69, 9.17) is 0 Å². The molecular weight excluding hydrogens is 93.1 g/mol. The van der Waals surface area contributed by atoms with Crippen molar-refractivity contribution in [3.63, 3.8) is 0 Å². The standard InChI is InChI=1S/C5H10FN/c1-4-2-7-3-5(4)6/h4-5,7H,2-3H2,1H3. The van der Waals surface area contributed by atoms with Gasteiger partial charge in [-0.05, 0) is 0 Å². The maximum Gasteiger partial charge on any atom is 0.116 e. The Bertz CT molecular complexity index is 57.1. The minimum atomic E-state index is -0.597. The van der Waals surface area contributed by atoms with E-state index >= 15 is 0 Å². The van der Waals surface area contributed by atoms with Crippen LogP contribution < -0.4 is 5.32 Å². The molecular formula is C5H10FN. The molecule has 1 fully saturated rings. The number of halogens is 1. The fourth-order valence-electron chi connectivity index (χ4n) is 0.778. The molecule has 0 aliphatic carbocycles. The summed E-state index contributed by atoms with van der Waals surface area (Å²) in [6.45, 7) is 3.33. The Labute approximate surface area is 42.9 Å². The predicted molar refractivity (Wildman–Crippen MR) is 26.9 cm³/mol. The molecule has 1 N–H and O–H groups in total. The quantitative estimate of drug-likeness (QED) is 0.472. The van der Waals surface area contributed by atoms with E-state index in [0.717, 1.165) is 6.54 Å². The molecule has 1 heterocycles. The van der Waals surface area contributed by atoms with Gasteiger partial charge in [0.15, 0.2) is 0 Å². The molecule has 1 saturated heterocycles. The van der Waals surface area contributed by atoms with Crippen molar-refractivity contribution >= 4 is 0 Å². The molecule has 0 amide bonds. The third kappa shape index (κ3) is 0.911. The van der Waals surface area contributed by atoms with Gasteiger partial charge in [0.2, 0.25) is 0 Å². The zero-order valence-corrected chi connectivity index (χ0v) is 4.45. The van der Waals surface area contributed by atoms with Crippen LogP contribution in [0.4, 0.5) is 4.39 Å². The Morgan fingerprint density at radius 2 is 2.29 bits per heavy atom. The molecule has 0 radical (unpaired) electrons. The molecule has 2 unspecified atom stereocenters. The lowest BCUT2D eigenvalue weighted by atomic mass is 10.1. The molecule has 1 nitrogen and oxygen atoms in total. The second kappa shape index (κ2) is 1.78. The number of nitrogens with one attached hydrogen (secondary N) is 1. The Morgan fingerprint density at radius 3 is 2.43 bits per heavy atom. The van der Waals surface area contributed by atoms with Gasteiger partial charge >= 0.3 is 0 Å². The summed E-state index contributed by atoms with van der Waals surface area (Å²) in [5, 5.41) is 2.95. The molecule has 1 rings (SSSR count). The van der Waals surface area contributed by atoms with Crippen LogP contribution in [0.2, 0.25) is 0 Å². The average molecular weight is 103 g/mol. The Hall–Kier alpha value is -0.110. The van der Waals surface area contributed by atoms with Crippen LogP contribution in [-0.2, 0) is 0 Å². The molecule has 1 aliphatic rings. The molecule has 0 spiro atoms. The lowest BCUT2D eigenvalue weighted by Gasteiger charge is -1.99. The van der Waals surface area contributed by atoms with Crippen LogP contribution in [0.1, 0.15) is 6.92 Å². The first kappa shape index (κ1) is 5.04. The normalized spacial score (nSPS) is 42.0. The second-order valence-corrected chi connectivity index (χ2v) is 2.15. The molecule has 2 atom stereocenters. The van der Waals surface area contributed by atoms with Crippen LogP contribution in [0, 0.1) is 5.92 Å². The molecule has 0 bridgehead atoms. The summed E-state index contributed by atoms with van der Waals surface area (Å²) in [6, 6.07) is 0. The van der Waals surface area contributed by atoms with Gasteiger partial charge in [0.05, 0.1) is 0 Å². The van der Waals surface area contributed by atoms with Crippen LogP contribution in [-0.4, -0.2) is 19.3 Å². The summed E-state index contributed by atoms with van der Waals surface area (Å²) >= 11 is 0. The first-order valence-corrected chi connectivity index (χ1v) is 2.65. The number of alkyl halides is 1. The van der Waals surface area contributed by atoms with E-state index < -0.39 is 6.17 Å². The van der Waals surface area contributed by atoms with Crippen LogP contribution >= 0.6 is 0 Å². The van der Waals surface area contributed by atoms with Gasteiger partial charge in [-0.15, -0.1) is 0 Å². The van der Waals surface area contributed by atoms with Gasteiger partial charge in [-0.3, -0.25) is 0 Å². The highest BCUT2D eigenvalue weighted by atomic mass is 19.1. The SMILES string of the molecule is CC1CNCC1F. The zero-order chi connectivity index (χ0) is 5.28. The van der Waals surface area contributed by atoms with E-state index in [2.05, 4.69) is 5.32 Å². The highest BCUT2D eigenvalue weighted by molar-refractivity contribution is 4.76. The number of hydrogen-bond acceptors (Lipinski definition) is 1. The predicted octanol–water partition coefficient (Wildman–Crippen LogP) is 0.564. The molecule has 0 aromatic heterocycles. The van der Waals surface area contributed by atoms with Gasteiger partial charge in [-0.2, -0.15) is 0 Å². The lowest BCUT2D eigenvalue weighted by Crippen LogP contribution is -2.08. The highest BCUT2D eigenvalue weighted by Gasteiger charge is 2.21. The monoisotopic (exact) mass is 103 g/mol. The van der Waals surface area contributed by atoms with Crippen molar-refractivity contribution in [3.05, 3.63) is 0 Å². The van der Waals surface area contributed by atoms with Crippen molar-refractivity contribution in [2.75, 3.05) is 13.1 Å². The highest BCUT2D eigenvalue weighted by Crippen LogP contribution is 2.09. The minimum Gasteiger partial charge on any atom is -0.313 e. The van der Waals surface area contributed by atoms with Crippen LogP contribution in [0.5, 0.6) is 0 Å². The van der Waals surface area contributed by atoms with Gasteiger partial charge in [0, 0.05) is 19.0 Å². The van der Waals surface area contributed by atoms with E-state index in [1.807, 2.05) is 6.92 Å². The first-order valence-electron chi connectivity index (χ1n) is 2.65. The van der Waals surface area contributed by atoms with Crippen LogP contribution in [0.3, 0.4) is 0 Å². The zero-order valence-electron chi connectivity index (χ0n) is 4.45. The van der Waals surface area contributed by atoms with Crippen molar-refractivity contribution in [1.29, 1.82) is 0 Å². The molecule has 42 valence electrons. The van der Waals surface area contributed by atoms with Gasteiger partial charge in [-0.25, -0.2) is 4.39 Å². The summed E-state index contributed by atoms with van der Waals surface area (Å²) in [5.41, 5.74) is 0. The largest absolute Gasteiger partial charge is 0.313 e. The van der Waals surface area contributed by atoms with Gasteiger partial charge in [0.25, 0.3) is 0 Å². The fraction of sp³-hybridized carbons (Fsp3) is 1.00. The van der Waals surface area contributed by atoms with Crippen molar-refractivity contribution in [2.24, 2.45) is 5.92 Å². The Balaban J connectivity index is 2.33. The van der Waals surface area contributed by atoms with Crippen molar-refractivity contribution in [1.82, 2.24) is 5.32 Å². The number of rotatable bonds is 0. The minimum absolute atomic E-state index is 0.236. The summed E-state index contributed by atoms with van der Waals surface area (Å²) in [4.78, 5) is 0.